The normalized spacial score (nSPS) is 12.5. The molecule has 0 aromatic heterocycles. The summed E-state index contributed by atoms with van der Waals surface area (Å²) in [6, 6.07) is 13.2. The lowest BCUT2D eigenvalue weighted by Gasteiger charge is -2.35. The standard InChI is InChI=1S/C36H53N3O6/c1-8-10-11-12-16-24-39(34(42)30(25-28-19-14-13-15-20-28)38-35(43)45-36(5,6)7)32(29-21-17-18-26(3)27(29)4)33(41)37-23-22-31(40)44-9-2/h13-15,17-21,30,32H,8-12,16,22-25H2,1-7H3,(H,37,41)(H,38,43). The van der Waals surface area contributed by atoms with Crippen LogP contribution >= 0.6 is 0 Å². The zero-order valence-electron chi connectivity index (χ0n) is 28.2. The smallest absolute Gasteiger partial charge is 0.408 e. The van der Waals surface area contributed by atoms with Gasteiger partial charge in [-0.05, 0) is 70.2 Å². The summed E-state index contributed by atoms with van der Waals surface area (Å²) in [6.45, 7) is 13.7. The van der Waals surface area contributed by atoms with Gasteiger partial charge in [-0.3, -0.25) is 14.4 Å². The Balaban J connectivity index is 2.56. The number of rotatable bonds is 17. The molecule has 3 amide bonds. The molecule has 9 heteroatoms. The molecular weight excluding hydrogens is 570 g/mol. The van der Waals surface area contributed by atoms with Gasteiger partial charge in [0.1, 0.15) is 17.7 Å². The maximum atomic E-state index is 14.7. The van der Waals surface area contributed by atoms with Gasteiger partial charge in [0.25, 0.3) is 0 Å². The molecule has 9 nitrogen and oxygen atoms in total. The third-order valence-corrected chi connectivity index (χ3v) is 7.49. The SMILES string of the molecule is CCCCCCCN(C(=O)C(Cc1ccccc1)NC(=O)OC(C)(C)C)C(C(=O)NCCC(=O)OCC)c1cccc(C)c1C. The Morgan fingerprint density at radius 1 is 0.889 bits per heavy atom. The Labute approximate surface area is 269 Å². The number of nitrogens with one attached hydrogen (secondary N) is 2. The molecule has 2 aromatic carbocycles. The van der Waals surface area contributed by atoms with Gasteiger partial charge >= 0.3 is 12.1 Å². The molecule has 0 spiro atoms. The molecule has 0 fully saturated rings. The van der Waals surface area contributed by atoms with Crippen LogP contribution in [0.2, 0.25) is 0 Å². The van der Waals surface area contributed by atoms with Crippen LogP contribution in [0.1, 0.15) is 101 Å². The molecule has 0 saturated heterocycles. The van der Waals surface area contributed by atoms with E-state index in [1.165, 1.54) is 0 Å². The molecular formula is C36H53N3O6. The van der Waals surface area contributed by atoms with E-state index in [9.17, 15) is 19.2 Å². The summed E-state index contributed by atoms with van der Waals surface area (Å²) < 4.78 is 10.6. The van der Waals surface area contributed by atoms with Crippen molar-refractivity contribution in [2.24, 2.45) is 0 Å². The van der Waals surface area contributed by atoms with Crippen molar-refractivity contribution >= 4 is 23.9 Å². The van der Waals surface area contributed by atoms with Crippen molar-refractivity contribution < 1.29 is 28.7 Å². The highest BCUT2D eigenvalue weighted by Gasteiger charge is 2.37. The van der Waals surface area contributed by atoms with Crippen LogP contribution in [0.15, 0.2) is 48.5 Å². The van der Waals surface area contributed by atoms with Gasteiger partial charge in [-0.1, -0.05) is 81.1 Å². The number of carbonyl (C=O) groups is 4. The third kappa shape index (κ3) is 12.9. The lowest BCUT2D eigenvalue weighted by atomic mass is 9.94. The van der Waals surface area contributed by atoms with Crippen LogP contribution in [0.5, 0.6) is 0 Å². The molecule has 2 unspecified atom stereocenters. The van der Waals surface area contributed by atoms with Crippen molar-refractivity contribution in [3.05, 3.63) is 70.8 Å². The molecule has 0 aliphatic rings. The van der Waals surface area contributed by atoms with Gasteiger partial charge in [-0.2, -0.15) is 0 Å². The fourth-order valence-electron chi connectivity index (χ4n) is 5.09. The maximum absolute atomic E-state index is 14.7. The summed E-state index contributed by atoms with van der Waals surface area (Å²) in [4.78, 5) is 55.3. The van der Waals surface area contributed by atoms with E-state index in [1.54, 1.807) is 32.6 Å². The van der Waals surface area contributed by atoms with Gasteiger partial charge in [-0.25, -0.2) is 4.79 Å². The zero-order valence-corrected chi connectivity index (χ0v) is 28.2. The number of unbranched alkanes of at least 4 members (excludes halogenated alkanes) is 4. The van der Waals surface area contributed by atoms with Crippen molar-refractivity contribution in [1.82, 2.24) is 15.5 Å². The van der Waals surface area contributed by atoms with Gasteiger partial charge in [0.2, 0.25) is 11.8 Å². The second-order valence-electron chi connectivity index (χ2n) is 12.4. The highest BCUT2D eigenvalue weighted by atomic mass is 16.6. The minimum absolute atomic E-state index is 0.0148. The molecule has 0 heterocycles. The van der Waals surface area contributed by atoms with Crippen molar-refractivity contribution in [3.8, 4) is 0 Å². The first kappa shape index (κ1) is 37.3. The molecule has 0 bridgehead atoms. The number of aryl methyl sites for hydroxylation is 1. The van der Waals surface area contributed by atoms with Gasteiger partial charge in [0.15, 0.2) is 0 Å². The van der Waals surface area contributed by atoms with Gasteiger partial charge in [0.05, 0.1) is 13.0 Å². The molecule has 0 aliphatic heterocycles. The molecule has 2 atom stereocenters. The zero-order chi connectivity index (χ0) is 33.4. The number of hydrogen-bond donors (Lipinski definition) is 2. The quantitative estimate of drug-likeness (QED) is 0.157. The topological polar surface area (TPSA) is 114 Å². The van der Waals surface area contributed by atoms with Crippen LogP contribution in [0.25, 0.3) is 0 Å². The number of benzene rings is 2. The maximum Gasteiger partial charge on any atom is 0.408 e. The van der Waals surface area contributed by atoms with E-state index in [1.807, 2.05) is 62.4 Å². The van der Waals surface area contributed by atoms with Crippen LogP contribution in [-0.4, -0.2) is 60.1 Å². The Morgan fingerprint density at radius 3 is 2.22 bits per heavy atom. The Kier molecular flexibility index (Phi) is 15.6. The average Bonchev–Trinajstić information content (AvgIpc) is 2.97. The van der Waals surface area contributed by atoms with Crippen molar-refractivity contribution in [1.29, 1.82) is 0 Å². The molecule has 45 heavy (non-hydrogen) atoms. The monoisotopic (exact) mass is 623 g/mol. The number of nitrogens with zero attached hydrogens (tertiary/aromatic N) is 1. The van der Waals surface area contributed by atoms with Crippen LogP contribution in [-0.2, 0) is 30.3 Å². The highest BCUT2D eigenvalue weighted by Crippen LogP contribution is 2.28. The van der Waals surface area contributed by atoms with Crippen molar-refractivity contribution in [3.63, 3.8) is 0 Å². The fourth-order valence-corrected chi connectivity index (χ4v) is 5.09. The minimum atomic E-state index is -0.988. The van der Waals surface area contributed by atoms with Crippen LogP contribution < -0.4 is 10.6 Å². The molecule has 0 radical (unpaired) electrons. The number of ether oxygens (including phenoxy) is 2. The van der Waals surface area contributed by atoms with E-state index >= 15 is 0 Å². The van der Waals surface area contributed by atoms with E-state index in [0.29, 0.717) is 18.5 Å². The molecule has 2 rings (SSSR count). The summed E-state index contributed by atoms with van der Waals surface area (Å²) in [5.74, 6) is -1.19. The Hall–Kier alpha value is -3.88. The number of carbonyl (C=O) groups excluding carboxylic acids is 4. The summed E-state index contributed by atoms with van der Waals surface area (Å²) in [7, 11) is 0. The fraction of sp³-hybridized carbons (Fsp3) is 0.556. The van der Waals surface area contributed by atoms with E-state index in [0.717, 1.165) is 42.4 Å². The van der Waals surface area contributed by atoms with E-state index < -0.39 is 35.7 Å². The Bertz CT molecular complexity index is 1240. The molecule has 2 N–H and O–H groups in total. The number of amides is 3. The third-order valence-electron chi connectivity index (χ3n) is 7.49. The highest BCUT2D eigenvalue weighted by molar-refractivity contribution is 5.92. The number of alkyl carbamates (subject to hydrolysis) is 1. The van der Waals surface area contributed by atoms with Gasteiger partial charge in [0, 0.05) is 19.5 Å². The first-order valence-electron chi connectivity index (χ1n) is 16.2. The molecule has 0 aliphatic carbocycles. The lowest BCUT2D eigenvalue weighted by molar-refractivity contribution is -0.144. The summed E-state index contributed by atoms with van der Waals surface area (Å²) in [5, 5.41) is 5.69. The molecule has 2 aromatic rings. The van der Waals surface area contributed by atoms with Crippen molar-refractivity contribution in [2.75, 3.05) is 19.7 Å². The first-order chi connectivity index (χ1) is 21.4. The van der Waals surface area contributed by atoms with Gasteiger partial charge < -0.3 is 25.0 Å². The predicted octanol–water partition coefficient (Wildman–Crippen LogP) is 6.35. The van der Waals surface area contributed by atoms with Crippen LogP contribution in [0, 0.1) is 13.8 Å². The number of hydrogen-bond acceptors (Lipinski definition) is 6. The first-order valence-corrected chi connectivity index (χ1v) is 16.2. The van der Waals surface area contributed by atoms with E-state index in [4.69, 9.17) is 9.47 Å². The summed E-state index contributed by atoms with van der Waals surface area (Å²) in [5.41, 5.74) is 2.67. The largest absolute Gasteiger partial charge is 0.466 e. The average molecular weight is 624 g/mol. The molecule has 248 valence electrons. The van der Waals surface area contributed by atoms with Crippen LogP contribution in [0.4, 0.5) is 4.79 Å². The summed E-state index contributed by atoms with van der Waals surface area (Å²) in [6.07, 6.45) is 4.28. The van der Waals surface area contributed by atoms with E-state index in [2.05, 4.69) is 17.6 Å². The van der Waals surface area contributed by atoms with Crippen molar-refractivity contribution in [2.45, 2.75) is 111 Å². The second kappa shape index (κ2) is 18.8. The molecule has 0 saturated carbocycles. The van der Waals surface area contributed by atoms with Gasteiger partial charge in [-0.15, -0.1) is 0 Å². The van der Waals surface area contributed by atoms with E-state index in [-0.39, 0.29) is 31.9 Å². The number of esters is 1. The predicted molar refractivity (Wildman–Crippen MR) is 177 cm³/mol. The summed E-state index contributed by atoms with van der Waals surface area (Å²) >= 11 is 0. The lowest BCUT2D eigenvalue weighted by Crippen LogP contribution is -2.54. The van der Waals surface area contributed by atoms with Crippen LogP contribution in [0.3, 0.4) is 0 Å². The second-order valence-corrected chi connectivity index (χ2v) is 12.4. The minimum Gasteiger partial charge on any atom is -0.466 e. The Morgan fingerprint density at radius 2 is 1.58 bits per heavy atom.